The van der Waals surface area contributed by atoms with E-state index in [0.717, 1.165) is 25.8 Å². The minimum Gasteiger partial charge on any atom is -0.333 e. The second-order valence-electron chi connectivity index (χ2n) is 5.92. The van der Waals surface area contributed by atoms with Gasteiger partial charge in [-0.2, -0.15) is 0 Å². The Kier molecular flexibility index (Phi) is 2.64. The van der Waals surface area contributed by atoms with E-state index in [1.165, 1.54) is 0 Å². The monoisotopic (exact) mass is 221 g/mol. The number of rotatable bonds is 3. The molecule has 2 unspecified atom stereocenters. The lowest BCUT2D eigenvalue weighted by molar-refractivity contribution is -0.135. The van der Waals surface area contributed by atoms with Crippen LogP contribution < -0.4 is 0 Å². The van der Waals surface area contributed by atoms with Crippen LogP contribution in [0, 0.1) is 11.3 Å². The molecule has 1 aliphatic carbocycles. The SMILES string of the molecule is CC/C=C/CN1C(=O)C2CCC1(C)C2(C)C. The Balaban J connectivity index is 2.22. The highest BCUT2D eigenvalue weighted by atomic mass is 16.2. The number of amides is 1. The smallest absolute Gasteiger partial charge is 0.227 e. The fourth-order valence-corrected chi connectivity index (χ4v) is 3.47. The van der Waals surface area contributed by atoms with Crippen molar-refractivity contribution in [1.29, 1.82) is 0 Å². The van der Waals surface area contributed by atoms with Gasteiger partial charge in [0.2, 0.25) is 5.91 Å². The molecule has 0 radical (unpaired) electrons. The molecule has 0 aromatic carbocycles. The van der Waals surface area contributed by atoms with Gasteiger partial charge in [0.05, 0.1) is 0 Å². The van der Waals surface area contributed by atoms with E-state index in [1.54, 1.807) is 0 Å². The molecule has 2 fully saturated rings. The second-order valence-corrected chi connectivity index (χ2v) is 5.92. The summed E-state index contributed by atoms with van der Waals surface area (Å²) in [4.78, 5) is 14.4. The molecule has 90 valence electrons. The van der Waals surface area contributed by atoms with Crippen LogP contribution in [0.5, 0.6) is 0 Å². The van der Waals surface area contributed by atoms with Gasteiger partial charge in [-0.1, -0.05) is 32.9 Å². The average Bonchev–Trinajstić information content (AvgIpc) is 2.51. The van der Waals surface area contributed by atoms with Crippen molar-refractivity contribution in [2.75, 3.05) is 6.54 Å². The van der Waals surface area contributed by atoms with Crippen LogP contribution in [0.2, 0.25) is 0 Å². The van der Waals surface area contributed by atoms with E-state index in [2.05, 4.69) is 44.7 Å². The molecule has 0 aromatic rings. The molecule has 2 rings (SSSR count). The molecule has 1 heterocycles. The highest BCUT2D eigenvalue weighted by molar-refractivity contribution is 5.85. The Morgan fingerprint density at radius 3 is 2.56 bits per heavy atom. The molecule has 0 spiro atoms. The summed E-state index contributed by atoms with van der Waals surface area (Å²) < 4.78 is 0. The summed E-state index contributed by atoms with van der Waals surface area (Å²) in [6.07, 6.45) is 7.58. The summed E-state index contributed by atoms with van der Waals surface area (Å²) in [6.45, 7) is 9.69. The van der Waals surface area contributed by atoms with Crippen LogP contribution in [-0.2, 0) is 4.79 Å². The average molecular weight is 221 g/mol. The van der Waals surface area contributed by atoms with Crippen molar-refractivity contribution in [3.8, 4) is 0 Å². The molecule has 1 amide bonds. The van der Waals surface area contributed by atoms with Gasteiger partial charge in [0.15, 0.2) is 0 Å². The summed E-state index contributed by atoms with van der Waals surface area (Å²) in [5.74, 6) is 0.632. The van der Waals surface area contributed by atoms with E-state index in [0.29, 0.717) is 5.91 Å². The fraction of sp³-hybridized carbons (Fsp3) is 0.786. The first-order chi connectivity index (χ1) is 7.45. The molecule has 0 aromatic heterocycles. The van der Waals surface area contributed by atoms with Gasteiger partial charge in [-0.05, 0) is 31.6 Å². The Morgan fingerprint density at radius 1 is 1.38 bits per heavy atom. The molecule has 2 aliphatic rings. The maximum atomic E-state index is 12.3. The quantitative estimate of drug-likeness (QED) is 0.671. The zero-order chi connectivity index (χ0) is 12.0. The van der Waals surface area contributed by atoms with Gasteiger partial charge in [0, 0.05) is 18.0 Å². The third-order valence-corrected chi connectivity index (χ3v) is 5.03. The largest absolute Gasteiger partial charge is 0.333 e. The lowest BCUT2D eigenvalue weighted by atomic mass is 9.75. The van der Waals surface area contributed by atoms with Crippen LogP contribution in [0.1, 0.15) is 47.0 Å². The van der Waals surface area contributed by atoms with Gasteiger partial charge in [-0.3, -0.25) is 4.79 Å². The predicted molar refractivity (Wildman–Crippen MR) is 66.1 cm³/mol. The summed E-state index contributed by atoms with van der Waals surface area (Å²) in [7, 11) is 0. The van der Waals surface area contributed by atoms with Gasteiger partial charge in [0.25, 0.3) is 0 Å². The molecule has 1 saturated carbocycles. The molecular formula is C14H23NO. The van der Waals surface area contributed by atoms with Crippen molar-refractivity contribution in [2.24, 2.45) is 11.3 Å². The maximum Gasteiger partial charge on any atom is 0.227 e. The molecule has 2 nitrogen and oxygen atoms in total. The van der Waals surface area contributed by atoms with Crippen LogP contribution in [-0.4, -0.2) is 22.9 Å². The third-order valence-electron chi connectivity index (χ3n) is 5.03. The van der Waals surface area contributed by atoms with Gasteiger partial charge in [-0.15, -0.1) is 0 Å². The van der Waals surface area contributed by atoms with Gasteiger partial charge in [-0.25, -0.2) is 0 Å². The molecule has 0 N–H and O–H groups in total. The zero-order valence-corrected chi connectivity index (χ0v) is 10.9. The minimum atomic E-state index is 0.0762. The van der Waals surface area contributed by atoms with Crippen LogP contribution in [0.3, 0.4) is 0 Å². The molecule has 1 aliphatic heterocycles. The normalized spacial score (nSPS) is 36.6. The first kappa shape index (κ1) is 11.7. The highest BCUT2D eigenvalue weighted by Crippen LogP contribution is 2.59. The molecule has 2 heteroatoms. The lowest BCUT2D eigenvalue weighted by Crippen LogP contribution is -2.49. The van der Waals surface area contributed by atoms with Gasteiger partial charge in [0.1, 0.15) is 0 Å². The van der Waals surface area contributed by atoms with E-state index in [4.69, 9.17) is 0 Å². The van der Waals surface area contributed by atoms with Crippen molar-refractivity contribution in [3.05, 3.63) is 12.2 Å². The van der Waals surface area contributed by atoms with E-state index in [1.807, 2.05) is 0 Å². The van der Waals surface area contributed by atoms with Crippen LogP contribution in [0.4, 0.5) is 0 Å². The van der Waals surface area contributed by atoms with Crippen LogP contribution in [0.25, 0.3) is 0 Å². The number of fused-ring (bicyclic) bond motifs is 2. The topological polar surface area (TPSA) is 20.3 Å². The summed E-state index contributed by atoms with van der Waals surface area (Å²) in [5, 5.41) is 0. The molecule has 2 atom stereocenters. The highest BCUT2D eigenvalue weighted by Gasteiger charge is 2.64. The lowest BCUT2D eigenvalue weighted by Gasteiger charge is -2.41. The summed E-state index contributed by atoms with van der Waals surface area (Å²) >= 11 is 0. The number of carbonyl (C=O) groups is 1. The first-order valence-electron chi connectivity index (χ1n) is 6.41. The predicted octanol–water partition coefficient (Wildman–Crippen LogP) is 2.99. The Labute approximate surface area is 98.7 Å². The standard InChI is InChI=1S/C14H23NO/c1-5-6-7-10-15-12(16)11-8-9-14(15,4)13(11,2)3/h6-7,11H,5,8-10H2,1-4H3/b7-6+. The van der Waals surface area contributed by atoms with Crippen LogP contribution >= 0.6 is 0 Å². The number of hydrogen-bond acceptors (Lipinski definition) is 1. The van der Waals surface area contributed by atoms with E-state index >= 15 is 0 Å². The van der Waals surface area contributed by atoms with E-state index in [9.17, 15) is 4.79 Å². The molecule has 2 bridgehead atoms. The summed E-state index contributed by atoms with van der Waals surface area (Å²) in [5.41, 5.74) is 0.219. The molecule has 1 saturated heterocycles. The van der Waals surface area contributed by atoms with Gasteiger partial charge < -0.3 is 4.90 Å². The van der Waals surface area contributed by atoms with Crippen molar-refractivity contribution < 1.29 is 4.79 Å². The first-order valence-corrected chi connectivity index (χ1v) is 6.41. The zero-order valence-electron chi connectivity index (χ0n) is 10.9. The number of nitrogens with zero attached hydrogens (tertiary/aromatic N) is 1. The number of carbonyl (C=O) groups excluding carboxylic acids is 1. The van der Waals surface area contributed by atoms with Crippen LogP contribution in [0.15, 0.2) is 12.2 Å². The minimum absolute atomic E-state index is 0.0762. The van der Waals surface area contributed by atoms with E-state index in [-0.39, 0.29) is 16.9 Å². The third kappa shape index (κ3) is 1.28. The summed E-state index contributed by atoms with van der Waals surface area (Å²) in [6, 6.07) is 0. The number of piperidine rings is 1. The van der Waals surface area contributed by atoms with Crippen molar-refractivity contribution in [3.63, 3.8) is 0 Å². The van der Waals surface area contributed by atoms with Gasteiger partial charge >= 0.3 is 0 Å². The fourth-order valence-electron chi connectivity index (χ4n) is 3.47. The Hall–Kier alpha value is -0.790. The Morgan fingerprint density at radius 2 is 2.06 bits per heavy atom. The maximum absolute atomic E-state index is 12.3. The molecular weight excluding hydrogens is 198 g/mol. The van der Waals surface area contributed by atoms with Crippen molar-refractivity contribution >= 4 is 5.91 Å². The number of hydrogen-bond donors (Lipinski definition) is 0. The Bertz CT molecular complexity index is 332. The van der Waals surface area contributed by atoms with Crippen molar-refractivity contribution in [1.82, 2.24) is 4.90 Å². The molecule has 16 heavy (non-hydrogen) atoms. The van der Waals surface area contributed by atoms with Crippen molar-refractivity contribution in [2.45, 2.75) is 52.5 Å². The van der Waals surface area contributed by atoms with E-state index < -0.39 is 0 Å². The number of likely N-dealkylation sites (tertiary alicyclic amines) is 1. The second kappa shape index (κ2) is 3.61. The number of allylic oxidation sites excluding steroid dienone is 1.